The zero-order valence-electron chi connectivity index (χ0n) is 10.7. The lowest BCUT2D eigenvalue weighted by Gasteiger charge is -2.18. The van der Waals surface area contributed by atoms with Crippen LogP contribution < -0.4 is 0 Å². The number of rotatable bonds is 3. The van der Waals surface area contributed by atoms with Gasteiger partial charge in [0.25, 0.3) is 5.91 Å². The van der Waals surface area contributed by atoms with Gasteiger partial charge in [0.1, 0.15) is 0 Å². The van der Waals surface area contributed by atoms with Crippen molar-refractivity contribution >= 4 is 45.8 Å². The monoisotopic (exact) mass is 355 g/mol. The van der Waals surface area contributed by atoms with E-state index in [1.807, 2.05) is 38.2 Å². The zero-order valence-corrected chi connectivity index (χ0v) is 14.0. The third kappa shape index (κ3) is 3.61. The maximum atomic E-state index is 12.4. The van der Waals surface area contributed by atoms with Crippen molar-refractivity contribution < 1.29 is 4.79 Å². The highest BCUT2D eigenvalue weighted by atomic mass is 79.9. The van der Waals surface area contributed by atoms with Gasteiger partial charge in [0, 0.05) is 24.1 Å². The molecule has 1 aromatic carbocycles. The molecule has 1 heterocycles. The summed E-state index contributed by atoms with van der Waals surface area (Å²) in [6.07, 6.45) is 0. The van der Waals surface area contributed by atoms with Crippen LogP contribution in [-0.2, 0) is 6.54 Å². The van der Waals surface area contributed by atoms with Gasteiger partial charge in [0.05, 0.1) is 3.79 Å². The molecule has 5 heteroatoms. The molecule has 0 spiro atoms. The van der Waals surface area contributed by atoms with Gasteiger partial charge in [-0.15, -0.1) is 24.0 Å². The second-order valence-corrected chi connectivity index (χ2v) is 7.23. The first-order valence-electron chi connectivity index (χ1n) is 5.75. The molecule has 2 aromatic rings. The Morgan fingerprint density at radius 2 is 2.16 bits per heavy atom. The summed E-state index contributed by atoms with van der Waals surface area (Å²) in [6, 6.07) is 7.67. The lowest BCUT2D eigenvalue weighted by molar-refractivity contribution is 0.0784. The van der Waals surface area contributed by atoms with Crippen LogP contribution in [0.25, 0.3) is 0 Å². The van der Waals surface area contributed by atoms with Crippen LogP contribution in [0.3, 0.4) is 0 Å². The molecule has 1 aromatic heterocycles. The Labute approximate surface area is 131 Å². The predicted octanol–water partition coefficient (Wildman–Crippen LogP) is 4.38. The van der Waals surface area contributed by atoms with E-state index >= 15 is 0 Å². The molecule has 0 saturated heterocycles. The van der Waals surface area contributed by atoms with E-state index in [0.717, 1.165) is 19.8 Å². The fourth-order valence-electron chi connectivity index (χ4n) is 1.82. The molecule has 0 fully saturated rings. The predicted molar refractivity (Wildman–Crippen MR) is 86.2 cm³/mol. The average Bonchev–Trinajstić information content (AvgIpc) is 2.77. The first-order chi connectivity index (χ1) is 8.97. The summed E-state index contributed by atoms with van der Waals surface area (Å²) in [5, 5.41) is 2.05. The summed E-state index contributed by atoms with van der Waals surface area (Å²) in [7, 11) is 1.82. The minimum Gasteiger partial charge on any atom is -0.337 e. The highest BCUT2D eigenvalue weighted by molar-refractivity contribution is 9.11. The van der Waals surface area contributed by atoms with Gasteiger partial charge < -0.3 is 4.90 Å². The molecule has 0 aliphatic carbocycles. The molecule has 0 saturated carbocycles. The minimum atomic E-state index is 0.0238. The van der Waals surface area contributed by atoms with Gasteiger partial charge in [0.2, 0.25) is 0 Å². The summed E-state index contributed by atoms with van der Waals surface area (Å²) in [5.74, 6) is 0.0238. The number of nitrogens with zero attached hydrogens (tertiary/aromatic N) is 1. The summed E-state index contributed by atoms with van der Waals surface area (Å²) in [5.41, 5.74) is 2.82. The molecule has 2 rings (SSSR count). The number of thiophene rings is 1. The number of thiol groups is 1. The largest absolute Gasteiger partial charge is 0.337 e. The van der Waals surface area contributed by atoms with Crippen molar-refractivity contribution in [2.45, 2.75) is 18.4 Å². The SMILES string of the molecule is Cc1ccc(S)cc1C(=O)N(C)Cc1csc(Br)c1. The molecule has 0 aliphatic rings. The molecule has 1 amide bonds. The highest BCUT2D eigenvalue weighted by Gasteiger charge is 2.15. The Bertz CT molecular complexity index is 609. The van der Waals surface area contributed by atoms with Crippen molar-refractivity contribution in [3.05, 3.63) is 50.1 Å². The van der Waals surface area contributed by atoms with Crippen LogP contribution in [0.2, 0.25) is 0 Å². The van der Waals surface area contributed by atoms with Crippen molar-refractivity contribution in [2.75, 3.05) is 7.05 Å². The van der Waals surface area contributed by atoms with Gasteiger partial charge in [-0.05, 0) is 57.6 Å². The lowest BCUT2D eigenvalue weighted by atomic mass is 10.1. The van der Waals surface area contributed by atoms with Crippen LogP contribution in [0.1, 0.15) is 21.5 Å². The number of hydrogen-bond donors (Lipinski definition) is 1. The summed E-state index contributed by atoms with van der Waals surface area (Å²) in [4.78, 5) is 14.9. The number of benzene rings is 1. The first kappa shape index (κ1) is 14.6. The van der Waals surface area contributed by atoms with Crippen molar-refractivity contribution in [1.29, 1.82) is 0 Å². The fraction of sp³-hybridized carbons (Fsp3) is 0.214. The van der Waals surface area contributed by atoms with Gasteiger partial charge in [-0.25, -0.2) is 0 Å². The lowest BCUT2D eigenvalue weighted by Crippen LogP contribution is -2.26. The molecule has 100 valence electrons. The second-order valence-electron chi connectivity index (χ2n) is 4.42. The molecule has 0 unspecified atom stereocenters. The van der Waals surface area contributed by atoms with E-state index in [0.29, 0.717) is 12.1 Å². The van der Waals surface area contributed by atoms with Crippen LogP contribution >= 0.6 is 39.9 Å². The maximum Gasteiger partial charge on any atom is 0.254 e. The highest BCUT2D eigenvalue weighted by Crippen LogP contribution is 2.22. The van der Waals surface area contributed by atoms with E-state index in [1.165, 1.54) is 0 Å². The molecule has 0 aliphatic heterocycles. The van der Waals surface area contributed by atoms with Gasteiger partial charge >= 0.3 is 0 Å². The number of carbonyl (C=O) groups excluding carboxylic acids is 1. The van der Waals surface area contributed by atoms with Crippen LogP contribution in [0.15, 0.2) is 38.3 Å². The van der Waals surface area contributed by atoms with Gasteiger partial charge in [-0.3, -0.25) is 4.79 Å². The number of aryl methyl sites for hydroxylation is 1. The molecular formula is C14H14BrNOS2. The third-order valence-electron chi connectivity index (χ3n) is 2.84. The van der Waals surface area contributed by atoms with Crippen LogP contribution in [0.5, 0.6) is 0 Å². The molecule has 2 nitrogen and oxygen atoms in total. The van der Waals surface area contributed by atoms with Crippen LogP contribution in [-0.4, -0.2) is 17.9 Å². The Hall–Kier alpha value is -0.780. The molecule has 0 atom stereocenters. The molecule has 0 N–H and O–H groups in total. The maximum absolute atomic E-state index is 12.4. The molecule has 0 bridgehead atoms. The quantitative estimate of drug-likeness (QED) is 0.810. The number of carbonyl (C=O) groups is 1. The van der Waals surface area contributed by atoms with Gasteiger partial charge in [-0.2, -0.15) is 0 Å². The zero-order chi connectivity index (χ0) is 14.0. The molecule has 19 heavy (non-hydrogen) atoms. The van der Waals surface area contributed by atoms with Crippen molar-refractivity contribution in [1.82, 2.24) is 4.90 Å². The van der Waals surface area contributed by atoms with Gasteiger partial charge in [-0.1, -0.05) is 6.07 Å². The summed E-state index contributed by atoms with van der Waals surface area (Å²) >= 11 is 9.35. The fourth-order valence-corrected chi connectivity index (χ4v) is 3.22. The Kier molecular flexibility index (Phi) is 4.71. The van der Waals surface area contributed by atoms with Crippen molar-refractivity contribution in [3.8, 4) is 0 Å². The third-order valence-corrected chi connectivity index (χ3v) is 4.67. The first-order valence-corrected chi connectivity index (χ1v) is 7.87. The minimum absolute atomic E-state index is 0.0238. The van der Waals surface area contributed by atoms with E-state index in [-0.39, 0.29) is 5.91 Å². The van der Waals surface area contributed by atoms with E-state index in [2.05, 4.69) is 33.9 Å². The second kappa shape index (κ2) is 6.11. The molecular weight excluding hydrogens is 342 g/mol. The Balaban J connectivity index is 2.16. The van der Waals surface area contributed by atoms with Crippen molar-refractivity contribution in [3.63, 3.8) is 0 Å². The van der Waals surface area contributed by atoms with E-state index in [4.69, 9.17) is 0 Å². The summed E-state index contributed by atoms with van der Waals surface area (Å²) < 4.78 is 1.08. The number of halogens is 1. The van der Waals surface area contributed by atoms with Crippen LogP contribution in [0, 0.1) is 6.92 Å². The Morgan fingerprint density at radius 3 is 2.79 bits per heavy atom. The smallest absolute Gasteiger partial charge is 0.254 e. The number of hydrogen-bond acceptors (Lipinski definition) is 3. The van der Waals surface area contributed by atoms with Gasteiger partial charge in [0.15, 0.2) is 0 Å². The molecule has 0 radical (unpaired) electrons. The van der Waals surface area contributed by atoms with Crippen molar-refractivity contribution in [2.24, 2.45) is 0 Å². The topological polar surface area (TPSA) is 20.3 Å². The standard InChI is InChI=1S/C14H14BrNOS2/c1-9-3-4-11(18)6-12(9)14(17)16(2)7-10-5-13(15)19-8-10/h3-6,8,18H,7H2,1-2H3. The van der Waals surface area contributed by atoms with E-state index < -0.39 is 0 Å². The van der Waals surface area contributed by atoms with E-state index in [1.54, 1.807) is 16.2 Å². The Morgan fingerprint density at radius 1 is 1.42 bits per heavy atom. The average molecular weight is 356 g/mol. The van der Waals surface area contributed by atoms with E-state index in [9.17, 15) is 4.79 Å². The summed E-state index contributed by atoms with van der Waals surface area (Å²) in [6.45, 7) is 2.55. The normalized spacial score (nSPS) is 10.5. The van der Waals surface area contributed by atoms with Crippen LogP contribution in [0.4, 0.5) is 0 Å². The number of amides is 1.